The van der Waals surface area contributed by atoms with Crippen LogP contribution in [0.3, 0.4) is 0 Å². The van der Waals surface area contributed by atoms with Crippen LogP contribution in [-0.2, 0) is 6.42 Å². The molecule has 1 aromatic rings. The van der Waals surface area contributed by atoms with Crippen molar-refractivity contribution in [3.8, 4) is 18.1 Å². The Bertz CT molecular complexity index is 427. The first-order valence-electron chi connectivity index (χ1n) is 5.03. The predicted molar refractivity (Wildman–Crippen MR) is 58.0 cm³/mol. The third-order valence-corrected chi connectivity index (χ3v) is 2.51. The summed E-state index contributed by atoms with van der Waals surface area (Å²) in [7, 11) is 0. The number of Topliss-reactive ketones (excluding diaryl/α,β-unsaturated/α-hetero) is 1. The molecule has 0 N–H and O–H groups in total. The third kappa shape index (κ3) is 2.02. The molecule has 15 heavy (non-hydrogen) atoms. The Morgan fingerprint density at radius 3 is 3.07 bits per heavy atom. The number of ether oxygens (including phenoxy) is 1. The molecule has 0 unspecified atom stereocenters. The van der Waals surface area contributed by atoms with Crippen LogP contribution in [0.15, 0.2) is 18.2 Å². The number of ketones is 1. The van der Waals surface area contributed by atoms with E-state index < -0.39 is 0 Å². The first kappa shape index (κ1) is 9.79. The Kier molecular flexibility index (Phi) is 2.73. The van der Waals surface area contributed by atoms with Crippen molar-refractivity contribution >= 4 is 5.78 Å². The summed E-state index contributed by atoms with van der Waals surface area (Å²) in [6.45, 7) is 0.531. The molecule has 2 rings (SSSR count). The smallest absolute Gasteiger partial charge is 0.163 e. The highest BCUT2D eigenvalue weighted by molar-refractivity contribution is 6.00. The first-order chi connectivity index (χ1) is 7.31. The minimum Gasteiger partial charge on any atom is -0.493 e. The maximum atomic E-state index is 11.4. The summed E-state index contributed by atoms with van der Waals surface area (Å²) < 4.78 is 5.45. The van der Waals surface area contributed by atoms with E-state index in [1.807, 2.05) is 18.2 Å². The Hall–Kier alpha value is -1.75. The lowest BCUT2D eigenvalue weighted by Crippen LogP contribution is -1.97. The van der Waals surface area contributed by atoms with Gasteiger partial charge >= 0.3 is 0 Å². The fourth-order valence-corrected chi connectivity index (χ4v) is 1.75. The van der Waals surface area contributed by atoms with Crippen LogP contribution in [0.1, 0.15) is 28.8 Å². The largest absolute Gasteiger partial charge is 0.493 e. The molecule has 76 valence electrons. The van der Waals surface area contributed by atoms with E-state index in [2.05, 4.69) is 5.92 Å². The van der Waals surface area contributed by atoms with E-state index in [1.165, 1.54) is 0 Å². The van der Waals surface area contributed by atoms with Gasteiger partial charge < -0.3 is 4.74 Å². The monoisotopic (exact) mass is 200 g/mol. The zero-order valence-corrected chi connectivity index (χ0v) is 8.45. The van der Waals surface area contributed by atoms with Gasteiger partial charge in [-0.05, 0) is 30.2 Å². The summed E-state index contributed by atoms with van der Waals surface area (Å²) in [6.07, 6.45) is 7.20. The van der Waals surface area contributed by atoms with Gasteiger partial charge in [-0.15, -0.1) is 12.3 Å². The molecule has 0 heterocycles. The molecular weight excluding hydrogens is 188 g/mol. The number of fused-ring (bicyclic) bond motifs is 1. The minimum atomic E-state index is 0.236. The van der Waals surface area contributed by atoms with Crippen LogP contribution in [-0.4, -0.2) is 12.4 Å². The van der Waals surface area contributed by atoms with E-state index in [-0.39, 0.29) is 5.78 Å². The summed E-state index contributed by atoms with van der Waals surface area (Å²) in [5.41, 5.74) is 1.94. The minimum absolute atomic E-state index is 0.236. The highest BCUT2D eigenvalue weighted by Gasteiger charge is 2.19. The van der Waals surface area contributed by atoms with E-state index in [9.17, 15) is 4.79 Å². The molecule has 1 aliphatic rings. The second-order valence-electron chi connectivity index (χ2n) is 3.54. The van der Waals surface area contributed by atoms with Gasteiger partial charge in [0.2, 0.25) is 0 Å². The lowest BCUT2D eigenvalue weighted by Gasteiger charge is -2.05. The Morgan fingerprint density at radius 1 is 1.40 bits per heavy atom. The quantitative estimate of drug-likeness (QED) is 0.552. The summed E-state index contributed by atoms with van der Waals surface area (Å²) >= 11 is 0. The molecule has 2 nitrogen and oxygen atoms in total. The van der Waals surface area contributed by atoms with Crippen molar-refractivity contribution in [3.05, 3.63) is 29.3 Å². The van der Waals surface area contributed by atoms with Crippen LogP contribution in [0.5, 0.6) is 5.75 Å². The zero-order valence-electron chi connectivity index (χ0n) is 8.45. The second-order valence-corrected chi connectivity index (χ2v) is 3.54. The topological polar surface area (TPSA) is 26.3 Å². The normalized spacial score (nSPS) is 13.4. The molecule has 0 spiro atoms. The van der Waals surface area contributed by atoms with Gasteiger partial charge in [0.15, 0.2) is 5.78 Å². The van der Waals surface area contributed by atoms with Crippen molar-refractivity contribution in [1.29, 1.82) is 0 Å². The maximum Gasteiger partial charge on any atom is 0.163 e. The average Bonchev–Trinajstić information content (AvgIpc) is 2.61. The van der Waals surface area contributed by atoms with Gasteiger partial charge in [-0.3, -0.25) is 4.79 Å². The van der Waals surface area contributed by atoms with Crippen molar-refractivity contribution in [2.24, 2.45) is 0 Å². The van der Waals surface area contributed by atoms with Crippen molar-refractivity contribution in [2.45, 2.75) is 19.3 Å². The van der Waals surface area contributed by atoms with Crippen LogP contribution < -0.4 is 4.74 Å². The van der Waals surface area contributed by atoms with Crippen molar-refractivity contribution in [2.75, 3.05) is 6.61 Å². The predicted octanol–water partition coefficient (Wildman–Crippen LogP) is 2.22. The number of rotatable bonds is 3. The van der Waals surface area contributed by atoms with Gasteiger partial charge in [0.25, 0.3) is 0 Å². The van der Waals surface area contributed by atoms with Gasteiger partial charge in [0.05, 0.1) is 6.61 Å². The van der Waals surface area contributed by atoms with Crippen molar-refractivity contribution in [3.63, 3.8) is 0 Å². The highest BCUT2D eigenvalue weighted by Crippen LogP contribution is 2.26. The number of carbonyl (C=O) groups excluding carboxylic acids is 1. The molecule has 0 saturated carbocycles. The number of carbonyl (C=O) groups is 1. The SMILES string of the molecule is C#CCCOc1ccc2c(c1)CCC2=O. The highest BCUT2D eigenvalue weighted by atomic mass is 16.5. The molecule has 0 radical (unpaired) electrons. The van der Waals surface area contributed by atoms with Gasteiger partial charge in [0, 0.05) is 18.4 Å². The van der Waals surface area contributed by atoms with Crippen LogP contribution in [0.2, 0.25) is 0 Å². The van der Waals surface area contributed by atoms with Crippen LogP contribution >= 0.6 is 0 Å². The fourth-order valence-electron chi connectivity index (χ4n) is 1.75. The van der Waals surface area contributed by atoms with Crippen LogP contribution in [0.4, 0.5) is 0 Å². The van der Waals surface area contributed by atoms with Crippen molar-refractivity contribution in [1.82, 2.24) is 0 Å². The summed E-state index contributed by atoms with van der Waals surface area (Å²) in [4.78, 5) is 11.4. The number of aryl methyl sites for hydroxylation is 1. The van der Waals surface area contributed by atoms with E-state index >= 15 is 0 Å². The number of hydrogen-bond donors (Lipinski definition) is 0. The molecule has 1 aromatic carbocycles. The van der Waals surface area contributed by atoms with Gasteiger partial charge in [-0.2, -0.15) is 0 Å². The summed E-state index contributed by atoms with van der Waals surface area (Å²) in [5, 5.41) is 0. The lowest BCUT2D eigenvalue weighted by molar-refractivity contribution is 0.0994. The second kappa shape index (κ2) is 4.18. The maximum absolute atomic E-state index is 11.4. The molecule has 0 saturated heterocycles. The molecule has 1 aliphatic carbocycles. The number of hydrogen-bond acceptors (Lipinski definition) is 2. The zero-order chi connectivity index (χ0) is 10.7. The molecule has 0 fully saturated rings. The van der Waals surface area contributed by atoms with E-state index in [1.54, 1.807) is 0 Å². The Labute approximate surface area is 89.3 Å². The van der Waals surface area contributed by atoms with E-state index in [0.717, 1.165) is 23.3 Å². The van der Waals surface area contributed by atoms with E-state index in [0.29, 0.717) is 19.4 Å². The number of terminal acetylenes is 1. The molecule has 0 aliphatic heterocycles. The lowest BCUT2D eigenvalue weighted by atomic mass is 10.1. The summed E-state index contributed by atoms with van der Waals surface area (Å²) in [6, 6.07) is 5.62. The Balaban J connectivity index is 2.10. The third-order valence-electron chi connectivity index (χ3n) is 2.51. The molecule has 0 amide bonds. The van der Waals surface area contributed by atoms with Crippen molar-refractivity contribution < 1.29 is 9.53 Å². The van der Waals surface area contributed by atoms with Gasteiger partial charge in [-0.1, -0.05) is 0 Å². The molecule has 0 aromatic heterocycles. The van der Waals surface area contributed by atoms with E-state index in [4.69, 9.17) is 11.2 Å². The standard InChI is InChI=1S/C13H12O2/c1-2-3-8-15-11-5-6-12-10(9-11)4-7-13(12)14/h1,5-6,9H,3-4,7-8H2. The molecule has 0 bridgehead atoms. The van der Waals surface area contributed by atoms with Gasteiger partial charge in [-0.25, -0.2) is 0 Å². The van der Waals surface area contributed by atoms with Gasteiger partial charge in [0.1, 0.15) is 5.75 Å². The number of benzene rings is 1. The van der Waals surface area contributed by atoms with Crippen LogP contribution in [0.25, 0.3) is 0 Å². The average molecular weight is 200 g/mol. The molecule has 0 atom stereocenters. The molecular formula is C13H12O2. The summed E-state index contributed by atoms with van der Waals surface area (Å²) in [5.74, 6) is 3.56. The Morgan fingerprint density at radius 2 is 2.27 bits per heavy atom. The molecule has 2 heteroatoms. The van der Waals surface area contributed by atoms with Crippen LogP contribution in [0, 0.1) is 12.3 Å². The first-order valence-corrected chi connectivity index (χ1v) is 5.03. The fraction of sp³-hybridized carbons (Fsp3) is 0.308.